The number of rotatable bonds is 1. The number of nitrogens with zero attached hydrogens (tertiary/aromatic N) is 1. The summed E-state index contributed by atoms with van der Waals surface area (Å²) in [6.45, 7) is 0. The number of urea groups is 1. The number of carbonyl (C=O) groups is 1. The highest BCUT2D eigenvalue weighted by atomic mass is 16.2. The minimum absolute atomic E-state index is 0.601. The number of nitrogens with one attached hydrogen (secondary N) is 1. The Kier molecular flexibility index (Phi) is 3.23. The molecule has 0 aromatic heterocycles. The minimum Gasteiger partial charge on any atom is -0.350 e. The van der Waals surface area contributed by atoms with E-state index in [9.17, 15) is 4.79 Å². The van der Waals surface area contributed by atoms with Crippen LogP contribution in [0.25, 0.3) is 0 Å². The number of fused-ring (bicyclic) bond motifs is 3. The normalized spacial score (nSPS) is 27.5. The van der Waals surface area contributed by atoms with Crippen molar-refractivity contribution in [2.24, 2.45) is 16.8 Å². The zero-order chi connectivity index (χ0) is 13.2. The lowest BCUT2D eigenvalue weighted by Gasteiger charge is -2.37. The molecule has 0 saturated heterocycles. The van der Waals surface area contributed by atoms with Crippen molar-refractivity contribution in [2.45, 2.75) is 38.0 Å². The number of amides is 2. The number of hydrazone groups is 1. The summed E-state index contributed by atoms with van der Waals surface area (Å²) in [4.78, 5) is 10.8. The van der Waals surface area contributed by atoms with Crippen LogP contribution in [0.15, 0.2) is 29.4 Å². The topological polar surface area (TPSA) is 67.5 Å². The van der Waals surface area contributed by atoms with Crippen molar-refractivity contribution in [3.63, 3.8) is 0 Å². The van der Waals surface area contributed by atoms with Crippen LogP contribution in [0.5, 0.6) is 0 Å². The van der Waals surface area contributed by atoms with Crippen molar-refractivity contribution in [3.05, 3.63) is 35.4 Å². The number of benzene rings is 1. The SMILES string of the molecule is NC(=O)N/N=C1/C[C@H]2CCCC[C@H]2c2ccccc21. The highest BCUT2D eigenvalue weighted by Crippen LogP contribution is 2.44. The van der Waals surface area contributed by atoms with Gasteiger partial charge in [-0.25, -0.2) is 10.2 Å². The van der Waals surface area contributed by atoms with Crippen LogP contribution in [-0.4, -0.2) is 11.7 Å². The molecule has 19 heavy (non-hydrogen) atoms. The van der Waals surface area contributed by atoms with Crippen LogP contribution in [-0.2, 0) is 0 Å². The third-order valence-electron chi connectivity index (χ3n) is 4.34. The quantitative estimate of drug-likeness (QED) is 0.746. The van der Waals surface area contributed by atoms with Gasteiger partial charge in [0, 0.05) is 5.56 Å². The molecule has 1 aromatic carbocycles. The van der Waals surface area contributed by atoms with E-state index in [1.807, 2.05) is 6.07 Å². The lowest BCUT2D eigenvalue weighted by atomic mass is 9.67. The molecule has 0 spiro atoms. The van der Waals surface area contributed by atoms with Crippen LogP contribution in [0.2, 0.25) is 0 Å². The first-order valence-electron chi connectivity index (χ1n) is 6.97. The Morgan fingerprint density at radius 3 is 2.89 bits per heavy atom. The molecule has 0 aliphatic heterocycles. The molecule has 0 radical (unpaired) electrons. The van der Waals surface area contributed by atoms with Crippen molar-refractivity contribution in [1.82, 2.24) is 5.43 Å². The van der Waals surface area contributed by atoms with Gasteiger partial charge >= 0.3 is 6.03 Å². The molecule has 3 rings (SSSR count). The van der Waals surface area contributed by atoms with Crippen LogP contribution < -0.4 is 11.2 Å². The van der Waals surface area contributed by atoms with E-state index < -0.39 is 6.03 Å². The van der Waals surface area contributed by atoms with Gasteiger partial charge in [0.05, 0.1) is 5.71 Å². The van der Waals surface area contributed by atoms with Crippen LogP contribution >= 0.6 is 0 Å². The van der Waals surface area contributed by atoms with Crippen molar-refractivity contribution in [1.29, 1.82) is 0 Å². The average Bonchev–Trinajstić information content (AvgIpc) is 2.44. The fourth-order valence-electron chi connectivity index (χ4n) is 3.53. The predicted octanol–water partition coefficient (Wildman–Crippen LogP) is 2.74. The maximum atomic E-state index is 10.8. The Morgan fingerprint density at radius 1 is 1.26 bits per heavy atom. The molecule has 1 saturated carbocycles. The standard InChI is InChI=1S/C15H19N3O/c16-15(19)18-17-14-9-10-5-1-2-6-11(10)12-7-3-4-8-13(12)14/h3-4,7-8,10-11H,1-2,5-6,9H2,(H3,16,18,19)/b17-14-/t10-,11-/m1/s1. The van der Waals surface area contributed by atoms with Crippen molar-refractivity contribution < 1.29 is 4.79 Å². The largest absolute Gasteiger partial charge is 0.350 e. The van der Waals surface area contributed by atoms with Crippen LogP contribution in [0.1, 0.15) is 49.1 Å². The summed E-state index contributed by atoms with van der Waals surface area (Å²) in [5.41, 5.74) is 11.0. The second-order valence-electron chi connectivity index (χ2n) is 5.48. The highest BCUT2D eigenvalue weighted by molar-refractivity contribution is 6.03. The summed E-state index contributed by atoms with van der Waals surface area (Å²) in [5, 5.41) is 4.21. The van der Waals surface area contributed by atoms with E-state index >= 15 is 0 Å². The van der Waals surface area contributed by atoms with Crippen molar-refractivity contribution in [3.8, 4) is 0 Å². The first kappa shape index (κ1) is 12.2. The molecule has 0 heterocycles. The van der Waals surface area contributed by atoms with Gasteiger partial charge in [-0.05, 0) is 36.7 Å². The minimum atomic E-state index is -0.601. The number of primary amides is 1. The molecule has 2 aliphatic rings. The predicted molar refractivity (Wildman–Crippen MR) is 75.0 cm³/mol. The van der Waals surface area contributed by atoms with Crippen LogP contribution in [0.3, 0.4) is 0 Å². The highest BCUT2D eigenvalue weighted by Gasteiger charge is 2.34. The fraction of sp³-hybridized carbons (Fsp3) is 0.467. The number of hydrogen-bond donors (Lipinski definition) is 2. The Hall–Kier alpha value is -1.84. The second kappa shape index (κ2) is 5.03. The van der Waals surface area contributed by atoms with Gasteiger partial charge in [-0.1, -0.05) is 37.1 Å². The van der Waals surface area contributed by atoms with Crippen LogP contribution in [0.4, 0.5) is 4.79 Å². The zero-order valence-corrected chi connectivity index (χ0v) is 10.9. The van der Waals surface area contributed by atoms with E-state index in [0.717, 1.165) is 12.1 Å². The van der Waals surface area contributed by atoms with E-state index in [1.165, 1.54) is 36.8 Å². The number of nitrogens with two attached hydrogens (primary N) is 1. The van der Waals surface area contributed by atoms with Gasteiger partial charge in [0.25, 0.3) is 0 Å². The van der Waals surface area contributed by atoms with E-state index in [2.05, 4.69) is 28.7 Å². The van der Waals surface area contributed by atoms with Gasteiger partial charge < -0.3 is 5.73 Å². The van der Waals surface area contributed by atoms with E-state index in [-0.39, 0.29) is 0 Å². The molecule has 2 aliphatic carbocycles. The fourth-order valence-corrected chi connectivity index (χ4v) is 3.53. The Labute approximate surface area is 113 Å². The Morgan fingerprint density at radius 2 is 2.05 bits per heavy atom. The van der Waals surface area contributed by atoms with Gasteiger partial charge in [-0.15, -0.1) is 0 Å². The van der Waals surface area contributed by atoms with Gasteiger partial charge in [0.2, 0.25) is 0 Å². The molecule has 2 amide bonds. The Bertz CT molecular complexity index is 524. The summed E-state index contributed by atoms with van der Waals surface area (Å²) < 4.78 is 0. The van der Waals surface area contributed by atoms with Crippen LogP contribution in [0, 0.1) is 5.92 Å². The lowest BCUT2D eigenvalue weighted by molar-refractivity contribution is 0.249. The first-order valence-corrected chi connectivity index (χ1v) is 6.97. The molecule has 4 nitrogen and oxygen atoms in total. The maximum Gasteiger partial charge on any atom is 0.332 e. The maximum absolute atomic E-state index is 10.8. The van der Waals surface area contributed by atoms with Gasteiger partial charge in [0.1, 0.15) is 0 Å². The molecule has 1 aromatic rings. The summed E-state index contributed by atoms with van der Waals surface area (Å²) in [6.07, 6.45) is 6.11. The zero-order valence-electron chi connectivity index (χ0n) is 10.9. The summed E-state index contributed by atoms with van der Waals surface area (Å²) in [7, 11) is 0. The molecule has 0 unspecified atom stereocenters. The average molecular weight is 257 g/mol. The smallest absolute Gasteiger partial charge is 0.332 e. The molecule has 0 bridgehead atoms. The third kappa shape index (κ3) is 2.35. The molecular formula is C15H19N3O. The van der Waals surface area contributed by atoms with Crippen molar-refractivity contribution in [2.75, 3.05) is 0 Å². The molecule has 3 N–H and O–H groups in total. The molecule has 100 valence electrons. The van der Waals surface area contributed by atoms with Gasteiger partial charge in [0.15, 0.2) is 0 Å². The monoisotopic (exact) mass is 257 g/mol. The molecule has 1 fully saturated rings. The molecule has 2 atom stereocenters. The lowest BCUT2D eigenvalue weighted by Crippen LogP contribution is -2.31. The van der Waals surface area contributed by atoms with E-state index in [0.29, 0.717) is 11.8 Å². The summed E-state index contributed by atoms with van der Waals surface area (Å²) in [6, 6.07) is 7.83. The van der Waals surface area contributed by atoms with Gasteiger partial charge in [-0.3, -0.25) is 0 Å². The molecule has 4 heteroatoms. The van der Waals surface area contributed by atoms with E-state index in [4.69, 9.17) is 5.73 Å². The number of carbonyl (C=O) groups excluding carboxylic acids is 1. The second-order valence-corrected chi connectivity index (χ2v) is 5.48. The summed E-state index contributed by atoms with van der Waals surface area (Å²) >= 11 is 0. The summed E-state index contributed by atoms with van der Waals surface area (Å²) in [5.74, 6) is 1.33. The van der Waals surface area contributed by atoms with E-state index in [1.54, 1.807) is 0 Å². The van der Waals surface area contributed by atoms with Crippen molar-refractivity contribution >= 4 is 11.7 Å². The third-order valence-corrected chi connectivity index (χ3v) is 4.34. The first-order chi connectivity index (χ1) is 9.25. The Balaban J connectivity index is 1.98. The molecular weight excluding hydrogens is 238 g/mol. The van der Waals surface area contributed by atoms with Gasteiger partial charge in [-0.2, -0.15) is 5.10 Å². The number of hydrogen-bond acceptors (Lipinski definition) is 2.